The Hall–Kier alpha value is -1.72. The molecule has 2 saturated heterocycles. The number of piperidine rings is 1. The van der Waals surface area contributed by atoms with Gasteiger partial charge in [-0.15, -0.1) is 0 Å². The van der Waals surface area contributed by atoms with Crippen LogP contribution in [0.3, 0.4) is 0 Å². The fourth-order valence-corrected chi connectivity index (χ4v) is 4.91. The van der Waals surface area contributed by atoms with Gasteiger partial charge in [0.05, 0.1) is 44.5 Å². The summed E-state index contributed by atoms with van der Waals surface area (Å²) in [6.07, 6.45) is 3.90. The number of fused-ring (bicyclic) bond motifs is 3. The predicted octanol–water partition coefficient (Wildman–Crippen LogP) is 3.02. The Morgan fingerprint density at radius 1 is 1.32 bits per heavy atom. The second kappa shape index (κ2) is 5.15. The number of quaternary nitrogens is 2. The fourth-order valence-electron chi connectivity index (χ4n) is 4.91. The third kappa shape index (κ3) is 2.22. The molecule has 2 aliphatic rings. The first-order valence-electron chi connectivity index (χ1n) is 8.94. The van der Waals surface area contributed by atoms with Crippen LogP contribution in [0.5, 0.6) is 0 Å². The maximum Gasteiger partial charge on any atom is 0.367 e. The van der Waals surface area contributed by atoms with Crippen molar-refractivity contribution in [1.82, 2.24) is 10.2 Å². The van der Waals surface area contributed by atoms with Crippen LogP contribution in [-0.2, 0) is 0 Å². The van der Waals surface area contributed by atoms with Crippen LogP contribution in [0.15, 0.2) is 24.3 Å². The lowest BCUT2D eigenvalue weighted by Crippen LogP contribution is -2.68. The van der Waals surface area contributed by atoms with E-state index in [0.717, 1.165) is 36.6 Å². The van der Waals surface area contributed by atoms with Crippen molar-refractivity contribution in [3.05, 3.63) is 44.1 Å². The van der Waals surface area contributed by atoms with Gasteiger partial charge in [0.15, 0.2) is 5.69 Å². The molecule has 4 radical (unpaired) electrons. The molecule has 0 aliphatic carbocycles. The molecule has 5 nitrogen and oxygen atoms in total. The van der Waals surface area contributed by atoms with Crippen molar-refractivity contribution in [2.45, 2.75) is 50.2 Å². The zero-order chi connectivity index (χ0) is 18.0. The summed E-state index contributed by atoms with van der Waals surface area (Å²) in [5.74, 6) is -0.146. The van der Waals surface area contributed by atoms with E-state index >= 15 is 0 Å². The minimum Gasteiger partial charge on any atom is -0.308 e. The molecular weight excluding hydrogens is 312 g/mol. The average molecular weight is 338 g/mol. The van der Waals surface area contributed by atoms with E-state index in [9.17, 15) is 4.79 Å². The third-order valence-electron chi connectivity index (χ3n) is 6.97. The van der Waals surface area contributed by atoms with E-state index in [4.69, 9.17) is 14.1 Å². The number of nitrogens with zero attached hydrogens (tertiary/aromatic N) is 3. The van der Waals surface area contributed by atoms with E-state index < -0.39 is 0 Å². The zero-order valence-electron chi connectivity index (χ0n) is 15.2. The van der Waals surface area contributed by atoms with Crippen LogP contribution in [0.4, 0.5) is 0 Å². The first-order chi connectivity index (χ1) is 11.7. The summed E-state index contributed by atoms with van der Waals surface area (Å²) in [6.45, 7) is 2.13. The molecule has 3 atom stereocenters. The molecule has 1 N–H and O–H groups in total. The number of rotatable bonds is 2. The lowest BCUT2D eigenvalue weighted by Gasteiger charge is -2.52. The number of hydrogen-bond acceptors (Lipinski definition) is 2. The number of H-pyrrole nitrogens is 1. The van der Waals surface area contributed by atoms with E-state index in [-0.39, 0.29) is 15.9 Å². The van der Waals surface area contributed by atoms with Crippen molar-refractivity contribution >= 4 is 16.8 Å². The average Bonchev–Trinajstić information content (AvgIpc) is 3.02. The molecule has 1 aromatic heterocycles. The standard InChI is InChI=1S/C20H26N4O/c1-20(12-14-10-11-15(13-20)23(14,2)3)24(4,5)19(25)18-16-8-6-7-9-17(16)21-22-18/h2,4,6-9,14-15H,10-13H2,1,3,5H3,(H,21,22)/q+2. The lowest BCUT2D eigenvalue weighted by molar-refractivity contribution is -0.933. The van der Waals surface area contributed by atoms with Gasteiger partial charge in [0.1, 0.15) is 5.54 Å². The van der Waals surface area contributed by atoms with E-state index in [1.54, 1.807) is 0 Å². The van der Waals surface area contributed by atoms with Gasteiger partial charge in [0, 0.05) is 18.2 Å². The molecule has 2 bridgehead atoms. The third-order valence-corrected chi connectivity index (χ3v) is 6.97. The maximum absolute atomic E-state index is 13.4. The molecule has 2 aromatic rings. The molecule has 0 spiro atoms. The van der Waals surface area contributed by atoms with Crippen molar-refractivity contribution in [3.63, 3.8) is 0 Å². The molecule has 3 unspecified atom stereocenters. The molecule has 2 fully saturated rings. The van der Waals surface area contributed by atoms with Crippen LogP contribution < -0.4 is 0 Å². The number of benzene rings is 1. The number of carbonyl (C=O) groups is 1. The normalized spacial score (nSPS) is 31.4. The monoisotopic (exact) mass is 338 g/mol. The van der Waals surface area contributed by atoms with Crippen LogP contribution in [0, 0.1) is 14.1 Å². The van der Waals surface area contributed by atoms with Gasteiger partial charge in [-0.05, 0) is 13.0 Å². The lowest BCUT2D eigenvalue weighted by atomic mass is 9.80. The van der Waals surface area contributed by atoms with E-state index in [0.29, 0.717) is 22.3 Å². The number of amides is 1. The Balaban J connectivity index is 1.71. The number of carbonyl (C=O) groups excluding carboxylic acids is 1. The van der Waals surface area contributed by atoms with Gasteiger partial charge in [-0.3, -0.25) is 5.10 Å². The Morgan fingerprint density at radius 2 is 1.92 bits per heavy atom. The van der Waals surface area contributed by atoms with Gasteiger partial charge in [-0.2, -0.15) is 5.10 Å². The first kappa shape index (κ1) is 16.7. The largest absolute Gasteiger partial charge is 0.367 e. The molecule has 0 saturated carbocycles. The number of hydrogen-bond donors (Lipinski definition) is 1. The smallest absolute Gasteiger partial charge is 0.308 e. The molecule has 1 amide bonds. The summed E-state index contributed by atoms with van der Waals surface area (Å²) < 4.78 is 0.379. The van der Waals surface area contributed by atoms with Crippen LogP contribution in [0.2, 0.25) is 0 Å². The minimum absolute atomic E-state index is 0.146. The summed E-state index contributed by atoms with van der Waals surface area (Å²) in [4.78, 5) is 13.4. The Bertz CT molecular complexity index is 819. The Kier molecular flexibility index (Phi) is 3.44. The molecule has 1 aromatic carbocycles. The number of aromatic nitrogens is 2. The topological polar surface area (TPSA) is 45.8 Å². The molecule has 130 valence electrons. The second-order valence-corrected chi connectivity index (χ2v) is 8.51. The summed E-state index contributed by atoms with van der Waals surface area (Å²) in [6, 6.07) is 8.37. The van der Waals surface area contributed by atoms with Crippen molar-refractivity contribution in [2.75, 3.05) is 14.1 Å². The van der Waals surface area contributed by atoms with Crippen LogP contribution >= 0.6 is 0 Å². The van der Waals surface area contributed by atoms with E-state index in [2.05, 4.69) is 24.2 Å². The highest BCUT2D eigenvalue weighted by atomic mass is 16.2. The van der Waals surface area contributed by atoms with Crippen molar-refractivity contribution in [1.29, 1.82) is 0 Å². The van der Waals surface area contributed by atoms with Crippen LogP contribution in [-0.4, -0.2) is 56.8 Å². The Labute approximate surface area is 149 Å². The maximum atomic E-state index is 13.4. The number of aromatic amines is 1. The van der Waals surface area contributed by atoms with Gasteiger partial charge in [0.2, 0.25) is 14.1 Å². The van der Waals surface area contributed by atoms with E-state index in [1.807, 2.05) is 31.3 Å². The predicted molar refractivity (Wildman–Crippen MR) is 95.8 cm³/mol. The highest BCUT2D eigenvalue weighted by Gasteiger charge is 2.61. The summed E-state index contributed by atoms with van der Waals surface area (Å²) in [5, 5.41) is 8.03. The number of para-hydroxylation sites is 1. The van der Waals surface area contributed by atoms with Gasteiger partial charge >= 0.3 is 5.91 Å². The van der Waals surface area contributed by atoms with Crippen molar-refractivity contribution < 1.29 is 13.8 Å². The van der Waals surface area contributed by atoms with Crippen molar-refractivity contribution in [2.24, 2.45) is 0 Å². The van der Waals surface area contributed by atoms with Gasteiger partial charge in [0.25, 0.3) is 0 Å². The van der Waals surface area contributed by atoms with E-state index in [1.165, 1.54) is 0 Å². The molecule has 25 heavy (non-hydrogen) atoms. The Morgan fingerprint density at radius 3 is 2.56 bits per heavy atom. The molecular formula is C20H26N4O+2. The summed E-state index contributed by atoms with van der Waals surface area (Å²) in [5.41, 5.74) is 0.927. The minimum atomic E-state index is -0.347. The zero-order valence-corrected chi connectivity index (χ0v) is 15.2. The highest BCUT2D eigenvalue weighted by Crippen LogP contribution is 2.49. The molecule has 4 rings (SSSR count). The highest BCUT2D eigenvalue weighted by molar-refractivity contribution is 6.01. The van der Waals surface area contributed by atoms with Crippen LogP contribution in [0.25, 0.3) is 10.9 Å². The molecule has 5 heteroatoms. The van der Waals surface area contributed by atoms with Gasteiger partial charge in [-0.25, -0.2) is 9.28 Å². The first-order valence-corrected chi connectivity index (χ1v) is 8.94. The summed E-state index contributed by atoms with van der Waals surface area (Å²) in [7, 11) is 17.1. The molecule has 2 aliphatic heterocycles. The second-order valence-electron chi connectivity index (χ2n) is 8.51. The summed E-state index contributed by atoms with van der Waals surface area (Å²) >= 11 is 0. The number of nitrogens with one attached hydrogen (secondary N) is 1. The van der Waals surface area contributed by atoms with Gasteiger partial charge < -0.3 is 4.48 Å². The fraction of sp³-hybridized carbons (Fsp3) is 0.500. The quantitative estimate of drug-likeness (QED) is 0.856. The SMILES string of the molecule is [CH][N+]1(C)C2CCC1CC(C)([N+]([CH])(C)C(=O)c1n[nH]c3ccccc13)C2. The molecule has 3 heterocycles. The van der Waals surface area contributed by atoms with Crippen LogP contribution in [0.1, 0.15) is 43.1 Å². The van der Waals surface area contributed by atoms with Crippen molar-refractivity contribution in [3.8, 4) is 0 Å². The van der Waals surface area contributed by atoms with Gasteiger partial charge in [-0.1, -0.05) is 18.2 Å².